The van der Waals surface area contributed by atoms with Crippen LogP contribution in [0.2, 0.25) is 0 Å². The van der Waals surface area contributed by atoms with Gasteiger partial charge in [-0.15, -0.1) is 0 Å². The van der Waals surface area contributed by atoms with Gasteiger partial charge in [0, 0.05) is 24.7 Å². The number of sulfonamides is 1. The van der Waals surface area contributed by atoms with Crippen LogP contribution in [0, 0.1) is 0 Å². The molecule has 0 saturated carbocycles. The van der Waals surface area contributed by atoms with Gasteiger partial charge in [0.05, 0.1) is 19.1 Å². The van der Waals surface area contributed by atoms with Crippen LogP contribution in [-0.2, 0) is 14.8 Å². The van der Waals surface area contributed by atoms with Gasteiger partial charge >= 0.3 is 0 Å². The van der Waals surface area contributed by atoms with Crippen LogP contribution in [0.3, 0.4) is 0 Å². The van der Waals surface area contributed by atoms with Crippen LogP contribution in [0.4, 0.5) is 5.69 Å². The number of benzene rings is 2. The van der Waals surface area contributed by atoms with Crippen LogP contribution in [-0.4, -0.2) is 41.1 Å². The lowest BCUT2D eigenvalue weighted by Crippen LogP contribution is -2.37. The second kappa shape index (κ2) is 7.35. The molecule has 138 valence electrons. The Labute approximate surface area is 152 Å². The van der Waals surface area contributed by atoms with Crippen molar-refractivity contribution in [1.82, 2.24) is 4.72 Å². The van der Waals surface area contributed by atoms with E-state index in [1.54, 1.807) is 48.4 Å². The minimum Gasteiger partial charge on any atom is -0.497 e. The van der Waals surface area contributed by atoms with Crippen molar-refractivity contribution in [2.75, 3.05) is 25.7 Å². The summed E-state index contributed by atoms with van der Waals surface area (Å²) >= 11 is 0. The zero-order valence-electron chi connectivity index (χ0n) is 14.5. The quantitative estimate of drug-likeness (QED) is 0.831. The monoisotopic (exact) mass is 376 g/mol. The van der Waals surface area contributed by atoms with Crippen LogP contribution in [0.25, 0.3) is 0 Å². The molecule has 0 bridgehead atoms. The maximum Gasteiger partial charge on any atom is 0.240 e. The summed E-state index contributed by atoms with van der Waals surface area (Å²) in [6.45, 7) is 0.278. The molecule has 8 heteroatoms. The van der Waals surface area contributed by atoms with Crippen molar-refractivity contribution in [3.63, 3.8) is 0 Å². The van der Waals surface area contributed by atoms with E-state index in [9.17, 15) is 13.2 Å². The zero-order chi connectivity index (χ0) is 18.7. The Balaban J connectivity index is 1.71. The molecule has 1 amide bonds. The fourth-order valence-corrected chi connectivity index (χ4v) is 4.07. The van der Waals surface area contributed by atoms with Gasteiger partial charge in [0.2, 0.25) is 15.9 Å². The number of methoxy groups -OCH3 is 2. The third-order valence-corrected chi connectivity index (χ3v) is 5.74. The molecule has 0 aliphatic carbocycles. The van der Waals surface area contributed by atoms with Crippen molar-refractivity contribution in [3.05, 3.63) is 48.5 Å². The summed E-state index contributed by atoms with van der Waals surface area (Å²) in [6.07, 6.45) is 0.113. The number of hydrogen-bond donors (Lipinski definition) is 1. The van der Waals surface area contributed by atoms with E-state index in [1.807, 2.05) is 0 Å². The highest BCUT2D eigenvalue weighted by Crippen LogP contribution is 2.25. The first-order valence-electron chi connectivity index (χ1n) is 8.04. The fraction of sp³-hybridized carbons (Fsp3) is 0.278. The Bertz CT molecular complexity index is 879. The third-order valence-electron chi connectivity index (χ3n) is 4.20. The molecule has 7 nitrogen and oxygen atoms in total. The number of anilines is 1. The van der Waals surface area contributed by atoms with Crippen LogP contribution in [0.15, 0.2) is 53.4 Å². The second-order valence-electron chi connectivity index (χ2n) is 5.90. The Morgan fingerprint density at radius 1 is 0.962 bits per heavy atom. The normalized spacial score (nSPS) is 17.4. The van der Waals surface area contributed by atoms with E-state index in [2.05, 4.69) is 4.72 Å². The van der Waals surface area contributed by atoms with Crippen LogP contribution in [0.1, 0.15) is 6.42 Å². The Kier molecular flexibility index (Phi) is 5.15. The number of ether oxygens (including phenoxy) is 2. The number of nitrogens with one attached hydrogen (secondary N) is 1. The lowest BCUT2D eigenvalue weighted by molar-refractivity contribution is -0.117. The van der Waals surface area contributed by atoms with E-state index in [0.717, 1.165) is 0 Å². The number of carbonyl (C=O) groups is 1. The zero-order valence-corrected chi connectivity index (χ0v) is 15.3. The predicted octanol–water partition coefficient (Wildman–Crippen LogP) is 1.79. The minimum absolute atomic E-state index is 0.113. The standard InChI is InChI=1S/C18H20N2O5S/c1-24-15-5-3-14(4-6-15)20-12-13(11-18(20)21)19-26(22,23)17-9-7-16(25-2)8-10-17/h3-10,13,19H,11-12H2,1-2H3. The highest BCUT2D eigenvalue weighted by molar-refractivity contribution is 7.89. The first-order valence-corrected chi connectivity index (χ1v) is 9.52. The first-order chi connectivity index (χ1) is 12.4. The number of amides is 1. The molecule has 0 spiro atoms. The molecule has 1 atom stereocenters. The van der Waals surface area contributed by atoms with E-state index in [1.165, 1.54) is 19.2 Å². The van der Waals surface area contributed by atoms with Gasteiger partial charge in [-0.2, -0.15) is 0 Å². The van der Waals surface area contributed by atoms with Gasteiger partial charge in [-0.1, -0.05) is 0 Å². The summed E-state index contributed by atoms with van der Waals surface area (Å²) in [7, 11) is -0.630. The summed E-state index contributed by atoms with van der Waals surface area (Å²) in [5.41, 5.74) is 0.710. The van der Waals surface area contributed by atoms with Gasteiger partial charge in [-0.3, -0.25) is 4.79 Å². The highest BCUT2D eigenvalue weighted by atomic mass is 32.2. The molecule has 3 rings (SSSR count). The Morgan fingerprint density at radius 3 is 2.04 bits per heavy atom. The van der Waals surface area contributed by atoms with E-state index in [-0.39, 0.29) is 23.8 Å². The van der Waals surface area contributed by atoms with Crippen molar-refractivity contribution in [3.8, 4) is 11.5 Å². The molecule has 1 aliphatic heterocycles. The van der Waals surface area contributed by atoms with Crippen molar-refractivity contribution in [1.29, 1.82) is 0 Å². The van der Waals surface area contributed by atoms with Gasteiger partial charge < -0.3 is 14.4 Å². The van der Waals surface area contributed by atoms with Crippen LogP contribution in [0.5, 0.6) is 11.5 Å². The predicted molar refractivity (Wildman–Crippen MR) is 97.1 cm³/mol. The molecular weight excluding hydrogens is 356 g/mol. The summed E-state index contributed by atoms with van der Waals surface area (Å²) in [5, 5.41) is 0. The number of nitrogens with zero attached hydrogens (tertiary/aromatic N) is 1. The number of hydrogen-bond acceptors (Lipinski definition) is 5. The molecule has 2 aromatic carbocycles. The molecule has 1 saturated heterocycles. The van der Waals surface area contributed by atoms with Gasteiger partial charge in [0.15, 0.2) is 0 Å². The smallest absolute Gasteiger partial charge is 0.240 e. The van der Waals surface area contributed by atoms with Gasteiger partial charge in [0.1, 0.15) is 11.5 Å². The highest BCUT2D eigenvalue weighted by Gasteiger charge is 2.33. The lowest BCUT2D eigenvalue weighted by atomic mass is 10.3. The summed E-state index contributed by atoms with van der Waals surface area (Å²) in [4.78, 5) is 14.0. The molecule has 0 radical (unpaired) electrons. The SMILES string of the molecule is COc1ccc(N2CC(NS(=O)(=O)c3ccc(OC)cc3)CC2=O)cc1. The van der Waals surface area contributed by atoms with E-state index >= 15 is 0 Å². The first kappa shape index (κ1) is 18.2. The van der Waals surface area contributed by atoms with Crippen molar-refractivity contribution in [2.24, 2.45) is 0 Å². The molecule has 1 heterocycles. The summed E-state index contributed by atoms with van der Waals surface area (Å²) in [6, 6.07) is 12.7. The second-order valence-corrected chi connectivity index (χ2v) is 7.61. The largest absolute Gasteiger partial charge is 0.497 e. The number of carbonyl (C=O) groups excluding carboxylic acids is 1. The van der Waals surface area contributed by atoms with E-state index in [0.29, 0.717) is 17.2 Å². The number of rotatable bonds is 6. The average Bonchev–Trinajstić information content (AvgIpc) is 3.01. The van der Waals surface area contributed by atoms with Gasteiger partial charge in [-0.25, -0.2) is 13.1 Å². The van der Waals surface area contributed by atoms with Crippen molar-refractivity contribution < 1.29 is 22.7 Å². The molecule has 1 unspecified atom stereocenters. The van der Waals surface area contributed by atoms with E-state index < -0.39 is 16.1 Å². The maximum absolute atomic E-state index is 12.5. The Morgan fingerprint density at radius 2 is 1.50 bits per heavy atom. The average molecular weight is 376 g/mol. The fourth-order valence-electron chi connectivity index (χ4n) is 2.84. The molecule has 0 aromatic heterocycles. The van der Waals surface area contributed by atoms with E-state index in [4.69, 9.17) is 9.47 Å². The molecule has 2 aromatic rings. The Hall–Kier alpha value is -2.58. The van der Waals surface area contributed by atoms with Crippen LogP contribution < -0.4 is 19.1 Å². The van der Waals surface area contributed by atoms with Crippen LogP contribution >= 0.6 is 0 Å². The molecule has 1 aliphatic rings. The topological polar surface area (TPSA) is 84.9 Å². The lowest BCUT2D eigenvalue weighted by Gasteiger charge is -2.17. The summed E-state index contributed by atoms with van der Waals surface area (Å²) in [5.74, 6) is 1.14. The minimum atomic E-state index is -3.71. The van der Waals surface area contributed by atoms with Gasteiger partial charge in [0.25, 0.3) is 0 Å². The molecular formula is C18H20N2O5S. The summed E-state index contributed by atoms with van der Waals surface area (Å²) < 4.78 is 37.8. The molecule has 26 heavy (non-hydrogen) atoms. The molecule has 1 fully saturated rings. The van der Waals surface area contributed by atoms with Crippen molar-refractivity contribution in [2.45, 2.75) is 17.4 Å². The third kappa shape index (κ3) is 3.81. The molecule has 1 N–H and O–H groups in total. The van der Waals surface area contributed by atoms with Crippen molar-refractivity contribution >= 4 is 21.6 Å². The van der Waals surface area contributed by atoms with Gasteiger partial charge in [-0.05, 0) is 48.5 Å². The maximum atomic E-state index is 12.5.